The number of aromatic nitrogens is 1. The highest BCUT2D eigenvalue weighted by molar-refractivity contribution is 8.00. The van der Waals surface area contributed by atoms with Crippen LogP contribution >= 0.6 is 11.8 Å². The molecule has 2 aromatic rings. The first-order chi connectivity index (χ1) is 31.4. The number of H-pyrrole nitrogens is 1. The summed E-state index contributed by atoms with van der Waals surface area (Å²) >= 11 is 1.84. The highest BCUT2D eigenvalue weighted by atomic mass is 32.2. The summed E-state index contributed by atoms with van der Waals surface area (Å²) in [5.41, 5.74) is 8.58. The number of primary amides is 1. The number of para-hydroxylation sites is 1. The molecule has 66 heavy (non-hydrogen) atoms. The van der Waals surface area contributed by atoms with Gasteiger partial charge in [0.05, 0.1) is 25.2 Å². The van der Waals surface area contributed by atoms with Crippen molar-refractivity contribution in [1.29, 1.82) is 0 Å². The third-order valence-electron chi connectivity index (χ3n) is 11.5. The van der Waals surface area contributed by atoms with Gasteiger partial charge in [0, 0.05) is 59.8 Å². The molecule has 0 bridgehead atoms. The molecule has 4 rings (SSSR count). The number of carbonyl (C=O) groups is 9. The number of unbranched alkanes of at least 4 members (excludes halogenated alkanes) is 2. The topological polar surface area (TPSA) is 324 Å². The Hall–Kier alpha value is -5.90. The van der Waals surface area contributed by atoms with Crippen LogP contribution in [0, 0.1) is 17.8 Å². The number of nitrogens with two attached hydrogens (primary N) is 1. The van der Waals surface area contributed by atoms with E-state index in [0.29, 0.717) is 43.0 Å². The Morgan fingerprint density at radius 3 is 2.26 bits per heavy atom. The minimum atomic E-state index is -1.19. The fourth-order valence-corrected chi connectivity index (χ4v) is 9.59. The van der Waals surface area contributed by atoms with Crippen LogP contribution < -0.4 is 53.7 Å². The van der Waals surface area contributed by atoms with Crippen molar-refractivity contribution >= 4 is 76.0 Å². The summed E-state index contributed by atoms with van der Waals surface area (Å²) in [4.78, 5) is 117. The normalized spacial score (nSPS) is 18.2. The van der Waals surface area contributed by atoms with E-state index in [2.05, 4.69) is 47.5 Å². The molecule has 2 aliphatic rings. The molecular formula is C44H67N11O10S. The number of amides is 10. The molecule has 2 fully saturated rings. The number of aromatic amines is 1. The number of fused-ring (bicyclic) bond motifs is 2. The van der Waals surface area contributed by atoms with Gasteiger partial charge in [-0.15, -0.1) is 0 Å². The van der Waals surface area contributed by atoms with Gasteiger partial charge in [-0.25, -0.2) is 10.3 Å². The Labute approximate surface area is 388 Å². The van der Waals surface area contributed by atoms with Crippen LogP contribution in [0.5, 0.6) is 0 Å². The molecule has 21 nitrogen and oxygen atoms in total. The fraction of sp³-hybridized carbons (Fsp3) is 0.614. The van der Waals surface area contributed by atoms with Crippen LogP contribution in [0.4, 0.5) is 4.79 Å². The summed E-state index contributed by atoms with van der Waals surface area (Å²) < 4.78 is 0. The molecule has 2 saturated heterocycles. The van der Waals surface area contributed by atoms with Gasteiger partial charge < -0.3 is 53.3 Å². The van der Waals surface area contributed by atoms with Crippen molar-refractivity contribution in [3.05, 3.63) is 36.0 Å². The van der Waals surface area contributed by atoms with E-state index < -0.39 is 84.4 Å². The van der Waals surface area contributed by atoms with Crippen molar-refractivity contribution in [1.82, 2.24) is 53.0 Å². The van der Waals surface area contributed by atoms with Gasteiger partial charge >= 0.3 is 6.03 Å². The molecule has 0 radical (unpaired) electrons. The zero-order valence-electron chi connectivity index (χ0n) is 38.1. The number of nitrogens with one attached hydrogen (secondary N) is 10. The minimum Gasteiger partial charge on any atom is -0.368 e. The second kappa shape index (κ2) is 26.3. The number of hydrogen-bond donors (Lipinski definition) is 12. The molecule has 0 aliphatic carbocycles. The fourth-order valence-electron chi connectivity index (χ4n) is 8.04. The summed E-state index contributed by atoms with van der Waals surface area (Å²) in [7, 11) is 0. The molecule has 10 amide bonds. The van der Waals surface area contributed by atoms with Gasteiger partial charge in [0.1, 0.15) is 18.1 Å². The average molecular weight is 942 g/mol. The van der Waals surface area contributed by atoms with Gasteiger partial charge in [-0.05, 0) is 62.0 Å². The molecule has 2 aliphatic heterocycles. The van der Waals surface area contributed by atoms with Gasteiger partial charge in [0.25, 0.3) is 0 Å². The Kier molecular flexibility index (Phi) is 21.0. The first kappa shape index (κ1) is 52.7. The van der Waals surface area contributed by atoms with E-state index in [4.69, 9.17) is 10.9 Å². The largest absolute Gasteiger partial charge is 0.368 e. The molecule has 364 valence electrons. The van der Waals surface area contributed by atoms with E-state index in [0.717, 1.165) is 35.9 Å². The van der Waals surface area contributed by atoms with E-state index in [1.807, 2.05) is 49.9 Å². The summed E-state index contributed by atoms with van der Waals surface area (Å²) in [5, 5.41) is 31.9. The summed E-state index contributed by atoms with van der Waals surface area (Å²) in [5.74, 6) is -5.44. The molecule has 13 N–H and O–H groups in total. The Balaban J connectivity index is 1.19. The lowest BCUT2D eigenvalue weighted by molar-refractivity contribution is -0.137. The molecule has 1 aromatic carbocycles. The molecule has 0 saturated carbocycles. The number of benzene rings is 1. The molecule has 3 heterocycles. The molecular weight excluding hydrogens is 875 g/mol. The van der Waals surface area contributed by atoms with E-state index in [1.54, 1.807) is 25.5 Å². The lowest BCUT2D eigenvalue weighted by Crippen LogP contribution is -2.57. The smallest absolute Gasteiger partial charge is 0.315 e. The SMILES string of the molecule is CC(C)CC(CC(=O)NO)C(=O)N[C@@H](Cc1c[nH]c2ccccc12)C(=O)N[C@H](C(=O)NCC(=O)NCC(=O)N[C@@H](CCCCNC(=O)CCCC[C@@H]1SC[C@@H]2NC(=O)N[C@@H]21)C(N)=O)C(C)C. The van der Waals surface area contributed by atoms with Crippen molar-refractivity contribution in [2.45, 2.75) is 127 Å². The minimum absolute atomic E-state index is 0.00424. The first-order valence-electron chi connectivity index (χ1n) is 22.6. The second-order valence-electron chi connectivity index (χ2n) is 17.7. The maximum absolute atomic E-state index is 14.0. The number of hydrogen-bond acceptors (Lipinski definition) is 11. The van der Waals surface area contributed by atoms with E-state index in [1.165, 1.54) is 0 Å². The molecule has 1 unspecified atom stereocenters. The summed E-state index contributed by atoms with van der Waals surface area (Å²) in [6, 6.07) is 4.23. The highest BCUT2D eigenvalue weighted by Gasteiger charge is 2.42. The zero-order chi connectivity index (χ0) is 48.3. The van der Waals surface area contributed by atoms with Crippen LogP contribution in [0.3, 0.4) is 0 Å². The predicted octanol–water partition coefficient (Wildman–Crippen LogP) is 0.109. The molecule has 0 spiro atoms. The lowest BCUT2D eigenvalue weighted by Gasteiger charge is -2.27. The van der Waals surface area contributed by atoms with Crippen molar-refractivity contribution < 1.29 is 48.4 Å². The van der Waals surface area contributed by atoms with Crippen LogP contribution in [0.25, 0.3) is 10.9 Å². The van der Waals surface area contributed by atoms with Gasteiger partial charge in [0.15, 0.2) is 0 Å². The van der Waals surface area contributed by atoms with Gasteiger partial charge in [0.2, 0.25) is 47.3 Å². The third kappa shape index (κ3) is 16.8. The second-order valence-corrected chi connectivity index (χ2v) is 18.9. The number of carbonyl (C=O) groups excluding carboxylic acids is 9. The van der Waals surface area contributed by atoms with Gasteiger partial charge in [-0.3, -0.25) is 43.6 Å². The van der Waals surface area contributed by atoms with E-state index >= 15 is 0 Å². The van der Waals surface area contributed by atoms with E-state index in [9.17, 15) is 43.2 Å². The third-order valence-corrected chi connectivity index (χ3v) is 13.0. The zero-order valence-corrected chi connectivity index (χ0v) is 38.9. The number of hydroxylamine groups is 1. The lowest BCUT2D eigenvalue weighted by atomic mass is 9.92. The van der Waals surface area contributed by atoms with Crippen LogP contribution in [0.1, 0.15) is 91.0 Å². The predicted molar refractivity (Wildman–Crippen MR) is 246 cm³/mol. The molecule has 7 atom stereocenters. The van der Waals surface area contributed by atoms with Crippen molar-refractivity contribution in [3.8, 4) is 0 Å². The summed E-state index contributed by atoms with van der Waals surface area (Å²) in [6.45, 7) is 6.43. The Morgan fingerprint density at radius 2 is 1.55 bits per heavy atom. The standard InChI is InChI=1S/C44H67N11O10S/c1-24(2)17-26(19-35(57)55-65)41(61)51-31(18-27-20-47-29-12-6-5-11-28(27)29)42(62)53-38(25(3)4)43(63)49-21-36(58)48-22-37(59)50-30(40(45)60)13-9-10-16-46-34(56)15-8-7-14-33-39-32(23-66-33)52-44(64)54-39/h5-6,11-12,20,24-26,30-33,38-39,47,65H,7-10,13-19,21-23H2,1-4H3,(H2,45,60)(H,46,56)(H,48,58)(H,49,63)(H,50,59)(H,51,61)(H,53,62)(H,55,57)(H2,52,54,64)/t26?,30-,31-,32-,33-,38-,39-/m0/s1. The number of rotatable bonds is 28. The van der Waals surface area contributed by atoms with Crippen molar-refractivity contribution in [3.63, 3.8) is 0 Å². The van der Waals surface area contributed by atoms with Crippen LogP contribution in [-0.4, -0.2) is 124 Å². The van der Waals surface area contributed by atoms with Crippen LogP contribution in [-0.2, 0) is 44.8 Å². The Morgan fingerprint density at radius 1 is 0.803 bits per heavy atom. The number of urea groups is 1. The van der Waals surface area contributed by atoms with Crippen molar-refractivity contribution in [2.24, 2.45) is 23.5 Å². The van der Waals surface area contributed by atoms with E-state index in [-0.39, 0.29) is 49.2 Å². The van der Waals surface area contributed by atoms with Crippen LogP contribution in [0.2, 0.25) is 0 Å². The quantitative estimate of drug-likeness (QED) is 0.0235. The van der Waals surface area contributed by atoms with Crippen LogP contribution in [0.15, 0.2) is 30.5 Å². The monoisotopic (exact) mass is 941 g/mol. The van der Waals surface area contributed by atoms with Gasteiger partial charge in [-0.2, -0.15) is 11.8 Å². The highest BCUT2D eigenvalue weighted by Crippen LogP contribution is 2.33. The molecule has 22 heteroatoms. The van der Waals surface area contributed by atoms with Crippen molar-refractivity contribution in [2.75, 3.05) is 25.4 Å². The maximum atomic E-state index is 14.0. The maximum Gasteiger partial charge on any atom is 0.315 e. The van der Waals surface area contributed by atoms with Gasteiger partial charge in [-0.1, -0.05) is 52.3 Å². The summed E-state index contributed by atoms with van der Waals surface area (Å²) in [6.07, 6.45) is 5.84. The molecule has 1 aromatic heterocycles. The number of thioether (sulfide) groups is 1. The Bertz CT molecular complexity index is 2030. The first-order valence-corrected chi connectivity index (χ1v) is 23.7. The average Bonchev–Trinajstić information content (AvgIpc) is 3.97.